The number of thioether (sulfide) groups is 1. The number of hydrogen-bond acceptors (Lipinski definition) is 8. The molecule has 0 spiro atoms. The van der Waals surface area contributed by atoms with Gasteiger partial charge < -0.3 is 19.9 Å². The van der Waals surface area contributed by atoms with Gasteiger partial charge in [0.25, 0.3) is 0 Å². The van der Waals surface area contributed by atoms with Gasteiger partial charge in [0.05, 0.1) is 13.2 Å². The number of benzene rings is 2. The van der Waals surface area contributed by atoms with E-state index in [4.69, 9.17) is 9.47 Å². The maximum atomic E-state index is 12.8. The second-order valence-electron chi connectivity index (χ2n) is 5.46. The van der Waals surface area contributed by atoms with E-state index >= 15 is 0 Å². The van der Waals surface area contributed by atoms with E-state index in [1.165, 1.54) is 47.4 Å². The molecule has 9 heteroatoms. The lowest BCUT2D eigenvalue weighted by Crippen LogP contribution is -2.20. The molecule has 0 aliphatic carbocycles. The molecule has 142 valence electrons. The van der Waals surface area contributed by atoms with Gasteiger partial charge in [0.15, 0.2) is 4.34 Å². The lowest BCUT2D eigenvalue weighted by atomic mass is 10.3. The van der Waals surface area contributed by atoms with Crippen molar-refractivity contribution in [3.05, 3.63) is 54.3 Å². The fourth-order valence-electron chi connectivity index (χ4n) is 2.08. The molecule has 0 bridgehead atoms. The average Bonchev–Trinajstić information content (AvgIpc) is 3.13. The number of methoxy groups -OCH3 is 1. The van der Waals surface area contributed by atoms with Crippen molar-refractivity contribution in [3.63, 3.8) is 0 Å². The molecule has 0 unspecified atom stereocenters. The molecule has 2 aromatic carbocycles. The first kappa shape index (κ1) is 19.4. The van der Waals surface area contributed by atoms with E-state index in [1.54, 1.807) is 7.11 Å². The molecule has 0 aliphatic rings. The summed E-state index contributed by atoms with van der Waals surface area (Å²) in [5, 5.41) is 22.1. The number of aromatic nitrogens is 2. The van der Waals surface area contributed by atoms with Crippen LogP contribution in [0.15, 0.2) is 52.9 Å². The smallest absolute Gasteiger partial charge is 0.210 e. The molecule has 1 heterocycles. The van der Waals surface area contributed by atoms with Crippen molar-refractivity contribution < 1.29 is 19.0 Å². The minimum absolute atomic E-state index is 0.117. The summed E-state index contributed by atoms with van der Waals surface area (Å²) < 4.78 is 24.2. The zero-order chi connectivity index (χ0) is 19.1. The minimum Gasteiger partial charge on any atom is -0.497 e. The van der Waals surface area contributed by atoms with E-state index in [1.807, 2.05) is 24.3 Å². The molecule has 0 saturated heterocycles. The quantitative estimate of drug-likeness (QED) is 0.520. The lowest BCUT2D eigenvalue weighted by molar-refractivity contribution is 0.126. The van der Waals surface area contributed by atoms with E-state index in [0.717, 1.165) is 15.8 Å². The van der Waals surface area contributed by atoms with Crippen molar-refractivity contribution in [1.29, 1.82) is 0 Å². The maximum absolute atomic E-state index is 12.8. The molecule has 1 atom stereocenters. The zero-order valence-electron chi connectivity index (χ0n) is 14.5. The Kier molecular flexibility index (Phi) is 6.86. The Morgan fingerprint density at radius 1 is 1.19 bits per heavy atom. The highest BCUT2D eigenvalue weighted by molar-refractivity contribution is 8.01. The van der Waals surface area contributed by atoms with Gasteiger partial charge in [0.1, 0.15) is 23.9 Å². The normalized spacial score (nSPS) is 11.8. The predicted molar refractivity (Wildman–Crippen MR) is 105 cm³/mol. The van der Waals surface area contributed by atoms with Gasteiger partial charge in [0, 0.05) is 17.5 Å². The Labute approximate surface area is 164 Å². The molecule has 0 aliphatic heterocycles. The van der Waals surface area contributed by atoms with Crippen LogP contribution in [0.1, 0.15) is 0 Å². The second-order valence-corrected chi connectivity index (χ2v) is 7.70. The van der Waals surface area contributed by atoms with Crippen LogP contribution < -0.4 is 14.8 Å². The van der Waals surface area contributed by atoms with Gasteiger partial charge >= 0.3 is 0 Å². The number of aliphatic hydroxyl groups excluding tert-OH is 1. The molecule has 0 saturated carbocycles. The lowest BCUT2D eigenvalue weighted by Gasteiger charge is -2.11. The van der Waals surface area contributed by atoms with Crippen molar-refractivity contribution in [1.82, 2.24) is 10.2 Å². The Balaban J connectivity index is 1.45. The molecular weight excluding hydrogens is 389 g/mol. The van der Waals surface area contributed by atoms with Gasteiger partial charge in [-0.15, -0.1) is 10.2 Å². The van der Waals surface area contributed by atoms with Crippen LogP contribution in [0.3, 0.4) is 0 Å². The molecule has 0 amide bonds. The number of hydrogen-bond donors (Lipinski definition) is 2. The highest BCUT2D eigenvalue weighted by atomic mass is 32.2. The SMILES string of the molecule is COc1cccc(Nc2nnc(SC[C@@H](O)COc3ccc(F)cc3)s2)c1. The van der Waals surface area contributed by atoms with Gasteiger partial charge in [-0.05, 0) is 36.4 Å². The van der Waals surface area contributed by atoms with Crippen LogP contribution >= 0.6 is 23.1 Å². The number of rotatable bonds is 9. The molecule has 3 aromatic rings. The summed E-state index contributed by atoms with van der Waals surface area (Å²) in [6, 6.07) is 13.2. The Morgan fingerprint density at radius 3 is 2.78 bits per heavy atom. The number of nitrogens with one attached hydrogen (secondary N) is 1. The molecule has 3 rings (SSSR count). The minimum atomic E-state index is -0.682. The fourth-order valence-corrected chi connectivity index (χ4v) is 3.79. The van der Waals surface area contributed by atoms with E-state index < -0.39 is 6.10 Å². The van der Waals surface area contributed by atoms with Crippen molar-refractivity contribution >= 4 is 33.9 Å². The molecule has 2 N–H and O–H groups in total. The summed E-state index contributed by atoms with van der Waals surface area (Å²) in [6.07, 6.45) is -0.682. The molecule has 0 radical (unpaired) electrons. The standard InChI is InChI=1S/C18H18FN3O3S2/c1-24-16-4-2-3-13(9-16)20-17-21-22-18(27-17)26-11-14(23)10-25-15-7-5-12(19)6-8-15/h2-9,14,23H,10-11H2,1H3,(H,20,21)/t14-/m0/s1. The van der Waals surface area contributed by atoms with Crippen LogP contribution in [-0.4, -0.2) is 40.9 Å². The van der Waals surface area contributed by atoms with Crippen LogP contribution in [0.25, 0.3) is 0 Å². The van der Waals surface area contributed by atoms with Crippen LogP contribution in [0.2, 0.25) is 0 Å². The molecular formula is C18H18FN3O3S2. The summed E-state index contributed by atoms with van der Waals surface area (Å²) in [5.41, 5.74) is 0.856. The van der Waals surface area contributed by atoms with Crippen LogP contribution in [-0.2, 0) is 0 Å². The zero-order valence-corrected chi connectivity index (χ0v) is 16.1. The number of anilines is 2. The number of halogens is 1. The van der Waals surface area contributed by atoms with Gasteiger partial charge in [-0.3, -0.25) is 0 Å². The third-order valence-electron chi connectivity index (χ3n) is 3.38. The van der Waals surface area contributed by atoms with Crippen molar-refractivity contribution in [2.45, 2.75) is 10.4 Å². The van der Waals surface area contributed by atoms with Gasteiger partial charge in [-0.2, -0.15) is 0 Å². The fraction of sp³-hybridized carbons (Fsp3) is 0.222. The first-order chi connectivity index (χ1) is 13.1. The topological polar surface area (TPSA) is 76.5 Å². The first-order valence-corrected chi connectivity index (χ1v) is 9.86. The third-order valence-corrected chi connectivity index (χ3v) is 5.50. The second kappa shape index (κ2) is 9.54. The van der Waals surface area contributed by atoms with Crippen LogP contribution in [0.4, 0.5) is 15.2 Å². The monoisotopic (exact) mass is 407 g/mol. The van der Waals surface area contributed by atoms with Gasteiger partial charge in [-0.1, -0.05) is 29.2 Å². The average molecular weight is 407 g/mol. The highest BCUT2D eigenvalue weighted by Crippen LogP contribution is 2.29. The maximum Gasteiger partial charge on any atom is 0.210 e. The molecule has 0 fully saturated rings. The molecule has 6 nitrogen and oxygen atoms in total. The summed E-state index contributed by atoms with van der Waals surface area (Å²) in [7, 11) is 1.61. The van der Waals surface area contributed by atoms with Gasteiger partial charge in [-0.25, -0.2) is 4.39 Å². The van der Waals surface area contributed by atoms with E-state index in [-0.39, 0.29) is 12.4 Å². The Bertz CT molecular complexity index is 861. The van der Waals surface area contributed by atoms with Crippen molar-refractivity contribution in [2.75, 3.05) is 24.8 Å². The summed E-state index contributed by atoms with van der Waals surface area (Å²) in [6.45, 7) is 0.117. The largest absolute Gasteiger partial charge is 0.497 e. The summed E-state index contributed by atoms with van der Waals surface area (Å²) in [4.78, 5) is 0. The summed E-state index contributed by atoms with van der Waals surface area (Å²) in [5.74, 6) is 1.35. The van der Waals surface area contributed by atoms with Gasteiger partial charge in [0.2, 0.25) is 5.13 Å². The number of aliphatic hydroxyl groups is 1. The number of nitrogens with zero attached hydrogens (tertiary/aromatic N) is 2. The van der Waals surface area contributed by atoms with Crippen molar-refractivity contribution in [2.24, 2.45) is 0 Å². The van der Waals surface area contributed by atoms with E-state index in [2.05, 4.69) is 15.5 Å². The van der Waals surface area contributed by atoms with E-state index in [0.29, 0.717) is 16.6 Å². The highest BCUT2D eigenvalue weighted by Gasteiger charge is 2.10. The predicted octanol–water partition coefficient (Wildman–Crippen LogP) is 3.96. The molecule has 27 heavy (non-hydrogen) atoms. The Hall–Kier alpha value is -2.36. The van der Waals surface area contributed by atoms with E-state index in [9.17, 15) is 9.50 Å². The Morgan fingerprint density at radius 2 is 2.00 bits per heavy atom. The number of ether oxygens (including phenoxy) is 2. The van der Waals surface area contributed by atoms with Crippen LogP contribution in [0, 0.1) is 5.82 Å². The van der Waals surface area contributed by atoms with Crippen molar-refractivity contribution in [3.8, 4) is 11.5 Å². The first-order valence-electron chi connectivity index (χ1n) is 8.06. The van der Waals surface area contributed by atoms with Crippen LogP contribution in [0.5, 0.6) is 11.5 Å². The summed E-state index contributed by atoms with van der Waals surface area (Å²) >= 11 is 2.79. The molecule has 1 aromatic heterocycles. The third kappa shape index (κ3) is 6.09.